The minimum atomic E-state index is -0.414. The number of pyridine rings is 1. The van der Waals surface area contributed by atoms with Crippen molar-refractivity contribution in [3.63, 3.8) is 0 Å². The van der Waals surface area contributed by atoms with Crippen molar-refractivity contribution >= 4 is 27.8 Å². The third-order valence-corrected chi connectivity index (χ3v) is 5.52. The van der Waals surface area contributed by atoms with E-state index in [1.165, 1.54) is 37.6 Å². The molecule has 0 aliphatic heterocycles. The number of aryl methyl sites for hydroxylation is 1. The number of nitrogens with zero attached hydrogens (tertiary/aromatic N) is 2. The smallest absolute Gasteiger partial charge is 0.206 e. The zero-order valence-corrected chi connectivity index (χ0v) is 17.6. The SMILES string of the molecule is COc1c2ccoc2cc2oc(C)c(-c3cc(-c4ccc(F)cc4)c(C#N)c(N)n3)c(=O)c12. The number of nitriles is 1. The summed E-state index contributed by atoms with van der Waals surface area (Å²) in [5.74, 6) is 0.169. The molecule has 2 aromatic carbocycles. The molecule has 0 fully saturated rings. The number of ether oxygens (including phenoxy) is 1. The van der Waals surface area contributed by atoms with Gasteiger partial charge in [-0.1, -0.05) is 12.1 Å². The highest BCUT2D eigenvalue weighted by Crippen LogP contribution is 2.37. The van der Waals surface area contributed by atoms with E-state index in [0.29, 0.717) is 39.2 Å². The number of halogens is 1. The molecular weight excluding hydrogens is 425 g/mol. The largest absolute Gasteiger partial charge is 0.495 e. The maximum atomic E-state index is 13.7. The number of hydrogen-bond acceptors (Lipinski definition) is 7. The Hall–Kier alpha value is -4.64. The van der Waals surface area contributed by atoms with Crippen molar-refractivity contribution < 1.29 is 18.0 Å². The molecule has 5 rings (SSSR count). The van der Waals surface area contributed by atoms with Crippen LogP contribution in [0.2, 0.25) is 0 Å². The minimum Gasteiger partial charge on any atom is -0.495 e. The van der Waals surface area contributed by atoms with E-state index in [-0.39, 0.29) is 33.5 Å². The fourth-order valence-corrected chi connectivity index (χ4v) is 4.03. The number of furan rings is 1. The molecule has 0 unspecified atom stereocenters. The summed E-state index contributed by atoms with van der Waals surface area (Å²) in [6, 6.07) is 12.6. The second-order valence-electron chi connectivity index (χ2n) is 7.41. The molecule has 5 aromatic rings. The lowest BCUT2D eigenvalue weighted by Crippen LogP contribution is -2.11. The van der Waals surface area contributed by atoms with Crippen molar-refractivity contribution in [2.75, 3.05) is 12.8 Å². The van der Waals surface area contributed by atoms with Gasteiger partial charge in [-0.2, -0.15) is 5.26 Å². The molecule has 0 atom stereocenters. The zero-order valence-electron chi connectivity index (χ0n) is 17.6. The topological polar surface area (TPSA) is 115 Å². The first-order chi connectivity index (χ1) is 15.9. The highest BCUT2D eigenvalue weighted by atomic mass is 19.1. The van der Waals surface area contributed by atoms with E-state index in [0.717, 1.165) is 0 Å². The quantitative estimate of drug-likeness (QED) is 0.410. The maximum absolute atomic E-state index is 13.7. The summed E-state index contributed by atoms with van der Waals surface area (Å²) in [7, 11) is 1.46. The molecule has 0 saturated heterocycles. The van der Waals surface area contributed by atoms with Gasteiger partial charge in [0, 0.05) is 11.6 Å². The van der Waals surface area contributed by atoms with E-state index in [1.807, 2.05) is 6.07 Å². The molecule has 33 heavy (non-hydrogen) atoms. The number of aromatic nitrogens is 1. The van der Waals surface area contributed by atoms with Gasteiger partial charge in [-0.3, -0.25) is 4.79 Å². The van der Waals surface area contributed by atoms with Crippen LogP contribution in [0.15, 0.2) is 62.4 Å². The van der Waals surface area contributed by atoms with Gasteiger partial charge < -0.3 is 19.3 Å². The highest BCUT2D eigenvalue weighted by Gasteiger charge is 2.23. The number of methoxy groups -OCH3 is 1. The highest BCUT2D eigenvalue weighted by molar-refractivity contribution is 6.02. The minimum absolute atomic E-state index is 0.0505. The van der Waals surface area contributed by atoms with E-state index in [4.69, 9.17) is 19.3 Å². The summed E-state index contributed by atoms with van der Waals surface area (Å²) in [5.41, 5.74) is 8.08. The number of anilines is 1. The standard InChI is InChI=1S/C25H16FN3O4/c1-12-21(23(30)22-20(33-12)10-19-15(7-8-32-19)24(22)31-2)18-9-16(17(11-27)25(28)29-18)13-3-5-14(26)6-4-13/h3-10H,1-2H3,(H2,28,29). The number of nitrogens with two attached hydrogens (primary N) is 1. The van der Waals surface area contributed by atoms with Gasteiger partial charge in [0.25, 0.3) is 0 Å². The molecule has 162 valence electrons. The Morgan fingerprint density at radius 3 is 2.61 bits per heavy atom. The van der Waals surface area contributed by atoms with Crippen LogP contribution >= 0.6 is 0 Å². The van der Waals surface area contributed by atoms with E-state index in [2.05, 4.69) is 4.98 Å². The second kappa shape index (κ2) is 7.50. The molecule has 3 heterocycles. The molecule has 0 aliphatic rings. The van der Waals surface area contributed by atoms with Crippen molar-refractivity contribution in [3.05, 3.63) is 76.1 Å². The fourth-order valence-electron chi connectivity index (χ4n) is 4.03. The zero-order chi connectivity index (χ0) is 23.3. The molecule has 8 heteroatoms. The van der Waals surface area contributed by atoms with Crippen LogP contribution in [0.3, 0.4) is 0 Å². The lowest BCUT2D eigenvalue weighted by molar-refractivity contribution is 0.423. The maximum Gasteiger partial charge on any atom is 0.206 e. The Kier molecular flexibility index (Phi) is 4.61. The Bertz CT molecular complexity index is 1660. The van der Waals surface area contributed by atoms with Gasteiger partial charge in [0.2, 0.25) is 5.43 Å². The Morgan fingerprint density at radius 1 is 1.15 bits per heavy atom. The first-order valence-electron chi connectivity index (χ1n) is 9.91. The fraction of sp³-hybridized carbons (Fsp3) is 0.0800. The summed E-state index contributed by atoms with van der Waals surface area (Å²) in [6.07, 6.45) is 1.50. The van der Waals surface area contributed by atoms with Crippen LogP contribution < -0.4 is 15.9 Å². The van der Waals surface area contributed by atoms with Crippen LogP contribution in [0, 0.1) is 24.1 Å². The van der Waals surface area contributed by atoms with Crippen LogP contribution in [0.4, 0.5) is 10.2 Å². The molecule has 0 bridgehead atoms. The van der Waals surface area contributed by atoms with Crippen LogP contribution in [0.1, 0.15) is 11.3 Å². The molecule has 0 radical (unpaired) electrons. The third-order valence-electron chi connectivity index (χ3n) is 5.52. The van der Waals surface area contributed by atoms with E-state index in [9.17, 15) is 14.4 Å². The van der Waals surface area contributed by atoms with Gasteiger partial charge in [-0.25, -0.2) is 9.37 Å². The van der Waals surface area contributed by atoms with Crippen molar-refractivity contribution in [1.29, 1.82) is 5.26 Å². The van der Waals surface area contributed by atoms with Crippen molar-refractivity contribution in [3.8, 4) is 34.2 Å². The number of hydrogen-bond donors (Lipinski definition) is 1. The first-order valence-corrected chi connectivity index (χ1v) is 9.91. The van der Waals surface area contributed by atoms with Crippen LogP contribution in [0.5, 0.6) is 5.75 Å². The summed E-state index contributed by atoms with van der Waals surface area (Å²) >= 11 is 0. The summed E-state index contributed by atoms with van der Waals surface area (Å²) in [6.45, 7) is 1.64. The predicted octanol–water partition coefficient (Wildman–Crippen LogP) is 5.18. The molecule has 3 aromatic heterocycles. The number of rotatable bonds is 3. The number of fused-ring (bicyclic) bond motifs is 2. The molecule has 7 nitrogen and oxygen atoms in total. The molecule has 0 spiro atoms. The Morgan fingerprint density at radius 2 is 1.91 bits per heavy atom. The molecule has 0 saturated carbocycles. The Balaban J connectivity index is 1.84. The van der Waals surface area contributed by atoms with E-state index in [1.54, 1.807) is 25.1 Å². The van der Waals surface area contributed by atoms with Crippen molar-refractivity contribution in [1.82, 2.24) is 4.98 Å². The number of nitrogen functional groups attached to an aromatic ring is 1. The first kappa shape index (κ1) is 20.3. The van der Waals surface area contributed by atoms with Crippen LogP contribution in [0.25, 0.3) is 44.3 Å². The van der Waals surface area contributed by atoms with Gasteiger partial charge in [0.15, 0.2) is 0 Å². The van der Waals surface area contributed by atoms with Crippen LogP contribution in [-0.4, -0.2) is 12.1 Å². The third kappa shape index (κ3) is 3.10. The predicted molar refractivity (Wildman–Crippen MR) is 121 cm³/mol. The van der Waals surface area contributed by atoms with Gasteiger partial charge in [-0.05, 0) is 36.8 Å². The van der Waals surface area contributed by atoms with Gasteiger partial charge in [-0.15, -0.1) is 0 Å². The van der Waals surface area contributed by atoms with Crippen LogP contribution in [-0.2, 0) is 0 Å². The van der Waals surface area contributed by atoms with Gasteiger partial charge in [0.1, 0.15) is 51.3 Å². The number of benzene rings is 2. The van der Waals surface area contributed by atoms with Gasteiger partial charge in [0.05, 0.1) is 30.0 Å². The second-order valence-corrected chi connectivity index (χ2v) is 7.41. The lowest BCUT2D eigenvalue weighted by Gasteiger charge is -2.13. The summed E-state index contributed by atoms with van der Waals surface area (Å²) in [5, 5.41) is 10.5. The average Bonchev–Trinajstić information content (AvgIpc) is 3.26. The Labute approximate surface area is 186 Å². The normalized spacial score (nSPS) is 11.1. The molecule has 0 amide bonds. The van der Waals surface area contributed by atoms with Crippen molar-refractivity contribution in [2.24, 2.45) is 0 Å². The van der Waals surface area contributed by atoms with Gasteiger partial charge >= 0.3 is 0 Å². The summed E-state index contributed by atoms with van der Waals surface area (Å²) in [4.78, 5) is 18.0. The average molecular weight is 441 g/mol. The van der Waals surface area contributed by atoms with E-state index >= 15 is 0 Å². The molecule has 2 N–H and O–H groups in total. The molecule has 0 aliphatic carbocycles. The summed E-state index contributed by atoms with van der Waals surface area (Å²) < 4.78 is 30.4. The molecular formula is C25H16FN3O4. The lowest BCUT2D eigenvalue weighted by atomic mass is 9.97. The van der Waals surface area contributed by atoms with E-state index < -0.39 is 5.82 Å². The monoisotopic (exact) mass is 441 g/mol. The van der Waals surface area contributed by atoms with Crippen molar-refractivity contribution in [2.45, 2.75) is 6.92 Å².